The molecule has 0 unspecified atom stereocenters. The third-order valence-corrected chi connectivity index (χ3v) is 2.70. The molecule has 0 fully saturated rings. The van der Waals surface area contributed by atoms with Crippen LogP contribution in [0.3, 0.4) is 0 Å². The van der Waals surface area contributed by atoms with E-state index in [9.17, 15) is 4.79 Å². The van der Waals surface area contributed by atoms with E-state index in [0.717, 1.165) is 29.0 Å². The zero-order valence-electron chi connectivity index (χ0n) is 9.53. The number of amides is 1. The van der Waals surface area contributed by atoms with E-state index in [1.807, 2.05) is 25.1 Å². The molecular formula is C12H15N3O. The third kappa shape index (κ3) is 1.78. The molecule has 4 nitrogen and oxygen atoms in total. The zero-order valence-corrected chi connectivity index (χ0v) is 9.53. The molecule has 84 valence electrons. The number of aryl methyl sites for hydroxylation is 2. The van der Waals surface area contributed by atoms with E-state index in [4.69, 9.17) is 5.73 Å². The molecule has 1 amide bonds. The van der Waals surface area contributed by atoms with E-state index < -0.39 is 0 Å². The van der Waals surface area contributed by atoms with Crippen LogP contribution in [0.5, 0.6) is 0 Å². The van der Waals surface area contributed by atoms with Gasteiger partial charge in [-0.2, -0.15) is 0 Å². The van der Waals surface area contributed by atoms with Gasteiger partial charge in [-0.05, 0) is 31.5 Å². The summed E-state index contributed by atoms with van der Waals surface area (Å²) in [5.74, 6) is 0.680. The van der Waals surface area contributed by atoms with Crippen LogP contribution >= 0.6 is 0 Å². The fourth-order valence-corrected chi connectivity index (χ4v) is 2.01. The van der Waals surface area contributed by atoms with Gasteiger partial charge in [0.25, 0.3) is 0 Å². The Hall–Kier alpha value is -1.84. The van der Waals surface area contributed by atoms with Gasteiger partial charge in [-0.1, -0.05) is 6.07 Å². The minimum atomic E-state index is -0.314. The molecule has 4 heteroatoms. The first-order valence-electron chi connectivity index (χ1n) is 5.36. The lowest BCUT2D eigenvalue weighted by molar-refractivity contribution is -0.117. The van der Waals surface area contributed by atoms with Crippen LogP contribution in [-0.2, 0) is 17.8 Å². The van der Waals surface area contributed by atoms with Gasteiger partial charge in [0.15, 0.2) is 0 Å². The van der Waals surface area contributed by atoms with Gasteiger partial charge < -0.3 is 10.3 Å². The van der Waals surface area contributed by atoms with Crippen molar-refractivity contribution >= 4 is 16.9 Å². The monoisotopic (exact) mass is 217 g/mol. The Morgan fingerprint density at radius 3 is 2.88 bits per heavy atom. The maximum absolute atomic E-state index is 10.8. The Morgan fingerprint density at radius 1 is 1.50 bits per heavy atom. The van der Waals surface area contributed by atoms with E-state index >= 15 is 0 Å². The number of aromatic nitrogens is 2. The third-order valence-electron chi connectivity index (χ3n) is 2.70. The van der Waals surface area contributed by atoms with E-state index in [0.29, 0.717) is 0 Å². The van der Waals surface area contributed by atoms with Crippen molar-refractivity contribution in [1.29, 1.82) is 0 Å². The number of fused-ring (bicyclic) bond motifs is 1. The van der Waals surface area contributed by atoms with E-state index in [1.165, 1.54) is 0 Å². The number of imidazole rings is 1. The van der Waals surface area contributed by atoms with Crippen LogP contribution in [0.4, 0.5) is 0 Å². The molecule has 1 aromatic carbocycles. The molecule has 1 aromatic heterocycles. The summed E-state index contributed by atoms with van der Waals surface area (Å²) in [6.07, 6.45) is 0.272. The van der Waals surface area contributed by atoms with Crippen LogP contribution < -0.4 is 5.73 Å². The summed E-state index contributed by atoms with van der Waals surface area (Å²) in [6.45, 7) is 4.97. The quantitative estimate of drug-likeness (QED) is 0.844. The molecule has 16 heavy (non-hydrogen) atoms. The van der Waals surface area contributed by atoms with Crippen LogP contribution in [0, 0.1) is 6.92 Å². The van der Waals surface area contributed by atoms with Crippen molar-refractivity contribution in [2.45, 2.75) is 26.8 Å². The Labute approximate surface area is 94.1 Å². The van der Waals surface area contributed by atoms with Crippen molar-refractivity contribution in [3.63, 3.8) is 0 Å². The summed E-state index contributed by atoms with van der Waals surface area (Å²) in [6, 6.07) is 5.86. The molecule has 0 aliphatic carbocycles. The molecule has 0 radical (unpaired) electrons. The lowest BCUT2D eigenvalue weighted by Gasteiger charge is -2.02. The molecule has 2 N–H and O–H groups in total. The van der Waals surface area contributed by atoms with Crippen molar-refractivity contribution in [2.75, 3.05) is 0 Å². The lowest BCUT2D eigenvalue weighted by atomic mass is 10.1. The molecule has 2 rings (SSSR count). The summed E-state index contributed by atoms with van der Waals surface area (Å²) < 4.78 is 2.14. The van der Waals surface area contributed by atoms with Crippen molar-refractivity contribution in [1.82, 2.24) is 9.55 Å². The maximum Gasteiger partial charge on any atom is 0.221 e. The molecule has 0 aliphatic heterocycles. The van der Waals surface area contributed by atoms with Gasteiger partial charge in [-0.3, -0.25) is 4.79 Å². The molecule has 0 bridgehead atoms. The molecular weight excluding hydrogens is 202 g/mol. The fraction of sp³-hybridized carbons (Fsp3) is 0.333. The van der Waals surface area contributed by atoms with E-state index in [2.05, 4.69) is 16.5 Å². The SMILES string of the molecule is CCn1c(C)nc2cc(CC(N)=O)ccc21. The highest BCUT2D eigenvalue weighted by Crippen LogP contribution is 2.17. The minimum Gasteiger partial charge on any atom is -0.369 e. The first-order chi connectivity index (χ1) is 7.61. The molecule has 0 spiro atoms. The number of rotatable bonds is 3. The maximum atomic E-state index is 10.8. The number of nitrogens with zero attached hydrogens (tertiary/aromatic N) is 2. The van der Waals surface area contributed by atoms with Gasteiger partial charge >= 0.3 is 0 Å². The van der Waals surface area contributed by atoms with Gasteiger partial charge in [0.05, 0.1) is 17.5 Å². The predicted molar refractivity (Wildman–Crippen MR) is 63.0 cm³/mol. The van der Waals surface area contributed by atoms with E-state index in [-0.39, 0.29) is 12.3 Å². The van der Waals surface area contributed by atoms with Gasteiger partial charge in [0.2, 0.25) is 5.91 Å². The molecule has 0 aliphatic rings. The predicted octanol–water partition coefficient (Wildman–Crippen LogP) is 1.39. The van der Waals surface area contributed by atoms with Crippen LogP contribution in [0.25, 0.3) is 11.0 Å². The van der Waals surface area contributed by atoms with Crippen LogP contribution in [0.1, 0.15) is 18.3 Å². The lowest BCUT2D eigenvalue weighted by Crippen LogP contribution is -2.13. The summed E-state index contributed by atoms with van der Waals surface area (Å²) >= 11 is 0. The second-order valence-electron chi connectivity index (χ2n) is 3.87. The Kier molecular flexibility index (Phi) is 2.64. The number of hydrogen-bond donors (Lipinski definition) is 1. The summed E-state index contributed by atoms with van der Waals surface area (Å²) in [5.41, 5.74) is 8.12. The normalized spacial score (nSPS) is 10.9. The van der Waals surface area contributed by atoms with Crippen LogP contribution in [0.2, 0.25) is 0 Å². The number of carbonyl (C=O) groups excluding carboxylic acids is 1. The van der Waals surface area contributed by atoms with Crippen LogP contribution in [-0.4, -0.2) is 15.5 Å². The summed E-state index contributed by atoms with van der Waals surface area (Å²) in [5, 5.41) is 0. The number of benzene rings is 1. The first kappa shape index (κ1) is 10.7. The average molecular weight is 217 g/mol. The highest BCUT2D eigenvalue weighted by atomic mass is 16.1. The smallest absolute Gasteiger partial charge is 0.221 e. The molecule has 0 saturated carbocycles. The van der Waals surface area contributed by atoms with Crippen molar-refractivity contribution in [3.8, 4) is 0 Å². The molecule has 2 aromatic rings. The van der Waals surface area contributed by atoms with Gasteiger partial charge in [-0.25, -0.2) is 4.98 Å². The number of nitrogens with two attached hydrogens (primary N) is 1. The topological polar surface area (TPSA) is 60.9 Å². The number of carbonyl (C=O) groups is 1. The molecule has 0 saturated heterocycles. The van der Waals surface area contributed by atoms with Crippen molar-refractivity contribution in [2.24, 2.45) is 5.73 Å². The first-order valence-corrected chi connectivity index (χ1v) is 5.36. The minimum absolute atomic E-state index is 0.272. The molecule has 0 atom stereocenters. The van der Waals surface area contributed by atoms with Crippen molar-refractivity contribution < 1.29 is 4.79 Å². The molecule has 1 heterocycles. The number of hydrogen-bond acceptors (Lipinski definition) is 2. The zero-order chi connectivity index (χ0) is 11.7. The highest BCUT2D eigenvalue weighted by molar-refractivity contribution is 5.81. The fourth-order valence-electron chi connectivity index (χ4n) is 2.01. The van der Waals surface area contributed by atoms with Gasteiger partial charge in [0, 0.05) is 6.54 Å². The standard InChI is InChI=1S/C12H15N3O/c1-3-15-8(2)14-10-6-9(7-12(13)16)4-5-11(10)15/h4-6H,3,7H2,1-2H3,(H2,13,16). The largest absolute Gasteiger partial charge is 0.369 e. The number of primary amides is 1. The van der Waals surface area contributed by atoms with E-state index in [1.54, 1.807) is 0 Å². The Morgan fingerprint density at radius 2 is 2.25 bits per heavy atom. The summed E-state index contributed by atoms with van der Waals surface area (Å²) in [4.78, 5) is 15.3. The Balaban J connectivity index is 2.51. The second kappa shape index (κ2) is 3.96. The average Bonchev–Trinajstić information content (AvgIpc) is 2.51. The van der Waals surface area contributed by atoms with Gasteiger partial charge in [-0.15, -0.1) is 0 Å². The second-order valence-corrected chi connectivity index (χ2v) is 3.87. The van der Waals surface area contributed by atoms with Crippen LogP contribution in [0.15, 0.2) is 18.2 Å². The summed E-state index contributed by atoms with van der Waals surface area (Å²) in [7, 11) is 0. The van der Waals surface area contributed by atoms with Gasteiger partial charge in [0.1, 0.15) is 5.82 Å². The van der Waals surface area contributed by atoms with Crippen molar-refractivity contribution in [3.05, 3.63) is 29.6 Å². The Bertz CT molecular complexity index is 542. The highest BCUT2D eigenvalue weighted by Gasteiger charge is 2.07.